The summed E-state index contributed by atoms with van der Waals surface area (Å²) in [4.78, 5) is 39.0. The molecule has 0 bridgehead atoms. The van der Waals surface area contributed by atoms with Crippen molar-refractivity contribution in [2.24, 2.45) is 5.92 Å². The van der Waals surface area contributed by atoms with Crippen molar-refractivity contribution >= 4 is 69.6 Å². The number of thiocarbonyl (C=S) groups is 1. The van der Waals surface area contributed by atoms with Crippen LogP contribution >= 0.6 is 35.4 Å². The molecule has 0 aliphatic carbocycles. The summed E-state index contributed by atoms with van der Waals surface area (Å²) in [5.74, 6) is -3.65. The van der Waals surface area contributed by atoms with Gasteiger partial charge in [0.15, 0.2) is 5.11 Å². The van der Waals surface area contributed by atoms with Crippen molar-refractivity contribution < 1.29 is 14.4 Å². The minimum absolute atomic E-state index is 0.112. The lowest BCUT2D eigenvalue weighted by Gasteiger charge is -2.31. The van der Waals surface area contributed by atoms with E-state index in [1.165, 1.54) is 6.07 Å². The normalized spacial score (nSPS) is 16.6. The number of hydrogen-bond acceptors (Lipinski definition) is 5. The standard InChI is InChI=1S/C21H14Cl2N4O3S/c1-11-2-5-14(9-17(11)23)25-18(28)12(10-24)8-16-19(29)26-21(31)27(20(16)30)15-6-3-13(22)4-7-15/h2-9,16H,1H3,(H,25,28)(H,26,29,31)/b12-8+/t16-/m1/s1. The summed E-state index contributed by atoms with van der Waals surface area (Å²) in [6.07, 6.45) is 1.01. The Morgan fingerprint density at radius 3 is 2.52 bits per heavy atom. The molecule has 2 aromatic carbocycles. The Balaban J connectivity index is 1.88. The average molecular weight is 473 g/mol. The van der Waals surface area contributed by atoms with Crippen molar-refractivity contribution in [1.29, 1.82) is 5.26 Å². The van der Waals surface area contributed by atoms with Crippen LogP contribution in [0.1, 0.15) is 5.56 Å². The number of benzene rings is 2. The van der Waals surface area contributed by atoms with E-state index in [1.807, 2.05) is 0 Å². The molecular formula is C21H14Cl2N4O3S. The summed E-state index contributed by atoms with van der Waals surface area (Å²) in [5, 5.41) is 15.2. The Morgan fingerprint density at radius 2 is 1.90 bits per heavy atom. The zero-order valence-electron chi connectivity index (χ0n) is 16.0. The maximum Gasteiger partial charge on any atom is 0.266 e. The SMILES string of the molecule is Cc1ccc(NC(=O)/C(C#N)=C/[C@@H]2C(=O)NC(=S)N(c3ccc(Cl)cc3)C2=O)cc1Cl. The number of anilines is 2. The van der Waals surface area contributed by atoms with Crippen molar-refractivity contribution in [2.45, 2.75) is 6.92 Å². The smallest absolute Gasteiger partial charge is 0.266 e. The van der Waals surface area contributed by atoms with Gasteiger partial charge in [-0.25, -0.2) is 0 Å². The van der Waals surface area contributed by atoms with Crippen LogP contribution in [-0.4, -0.2) is 22.8 Å². The Morgan fingerprint density at radius 1 is 1.23 bits per heavy atom. The van der Waals surface area contributed by atoms with Crippen molar-refractivity contribution in [3.05, 3.63) is 69.7 Å². The van der Waals surface area contributed by atoms with E-state index in [0.717, 1.165) is 16.5 Å². The second-order valence-electron chi connectivity index (χ2n) is 6.53. The van der Waals surface area contributed by atoms with Crippen molar-refractivity contribution in [3.8, 4) is 6.07 Å². The molecule has 1 aliphatic heterocycles. The lowest BCUT2D eigenvalue weighted by Crippen LogP contribution is -2.57. The van der Waals surface area contributed by atoms with E-state index in [-0.39, 0.29) is 5.11 Å². The Bertz CT molecular complexity index is 1170. The predicted molar refractivity (Wildman–Crippen MR) is 122 cm³/mol. The highest BCUT2D eigenvalue weighted by atomic mass is 35.5. The quantitative estimate of drug-likeness (QED) is 0.305. The molecule has 0 unspecified atom stereocenters. The number of hydrogen-bond donors (Lipinski definition) is 2. The van der Waals surface area contributed by atoms with Crippen LogP contribution in [0, 0.1) is 24.2 Å². The second kappa shape index (κ2) is 9.27. The first-order valence-electron chi connectivity index (χ1n) is 8.85. The number of nitrogens with one attached hydrogen (secondary N) is 2. The molecule has 0 radical (unpaired) electrons. The molecule has 156 valence electrons. The molecule has 31 heavy (non-hydrogen) atoms. The van der Waals surface area contributed by atoms with Gasteiger partial charge in [-0.1, -0.05) is 29.3 Å². The van der Waals surface area contributed by atoms with E-state index in [9.17, 15) is 19.6 Å². The van der Waals surface area contributed by atoms with E-state index < -0.39 is 29.2 Å². The third-order valence-electron chi connectivity index (χ3n) is 4.42. The number of nitriles is 1. The first-order chi connectivity index (χ1) is 14.7. The molecule has 2 N–H and O–H groups in total. The molecule has 7 nitrogen and oxygen atoms in total. The topological polar surface area (TPSA) is 102 Å². The minimum atomic E-state index is -1.43. The van der Waals surface area contributed by atoms with Crippen molar-refractivity contribution in [2.75, 3.05) is 10.2 Å². The van der Waals surface area contributed by atoms with Gasteiger partial charge < -0.3 is 10.6 Å². The van der Waals surface area contributed by atoms with E-state index in [1.54, 1.807) is 49.4 Å². The number of nitrogens with zero attached hydrogens (tertiary/aromatic N) is 2. The number of halogens is 2. The molecule has 1 heterocycles. The van der Waals surface area contributed by atoms with Crippen LogP contribution in [0.2, 0.25) is 10.0 Å². The molecule has 1 saturated heterocycles. The third-order valence-corrected chi connectivity index (χ3v) is 5.36. The Hall–Kier alpha value is -3.25. The average Bonchev–Trinajstić information content (AvgIpc) is 2.72. The summed E-state index contributed by atoms with van der Waals surface area (Å²) in [6, 6.07) is 12.8. The monoisotopic (exact) mass is 472 g/mol. The molecule has 2 aromatic rings. The fourth-order valence-corrected chi connectivity index (χ4v) is 3.37. The number of amides is 3. The Labute approximate surface area is 193 Å². The Kier molecular flexibility index (Phi) is 6.71. The molecule has 0 aromatic heterocycles. The van der Waals surface area contributed by atoms with Crippen LogP contribution in [0.5, 0.6) is 0 Å². The summed E-state index contributed by atoms with van der Waals surface area (Å²) < 4.78 is 0. The molecule has 1 fully saturated rings. The minimum Gasteiger partial charge on any atom is -0.321 e. The summed E-state index contributed by atoms with van der Waals surface area (Å²) >= 11 is 17.0. The van der Waals surface area contributed by atoms with E-state index in [4.69, 9.17) is 35.4 Å². The third kappa shape index (κ3) is 4.91. The van der Waals surface area contributed by atoms with Crippen LogP contribution in [0.25, 0.3) is 0 Å². The van der Waals surface area contributed by atoms with Gasteiger partial charge in [-0.05, 0) is 67.2 Å². The number of rotatable bonds is 4. The van der Waals surface area contributed by atoms with Crippen LogP contribution in [0.15, 0.2) is 54.1 Å². The van der Waals surface area contributed by atoms with Gasteiger partial charge in [-0.2, -0.15) is 5.26 Å². The number of carbonyl (C=O) groups excluding carboxylic acids is 3. The fraction of sp³-hybridized carbons (Fsp3) is 0.0952. The van der Waals surface area contributed by atoms with E-state index in [2.05, 4.69) is 10.6 Å². The van der Waals surface area contributed by atoms with Gasteiger partial charge in [0.2, 0.25) is 11.8 Å². The molecule has 0 spiro atoms. The molecule has 1 atom stereocenters. The van der Waals surface area contributed by atoms with Gasteiger partial charge in [0.1, 0.15) is 17.6 Å². The highest BCUT2D eigenvalue weighted by Crippen LogP contribution is 2.24. The first kappa shape index (κ1) is 22.4. The van der Waals surface area contributed by atoms with Gasteiger partial charge >= 0.3 is 0 Å². The second-order valence-corrected chi connectivity index (χ2v) is 7.76. The lowest BCUT2D eigenvalue weighted by molar-refractivity contribution is -0.131. The van der Waals surface area contributed by atoms with Crippen molar-refractivity contribution in [1.82, 2.24) is 5.32 Å². The molecule has 10 heteroatoms. The van der Waals surface area contributed by atoms with Gasteiger partial charge in [-0.15, -0.1) is 0 Å². The maximum absolute atomic E-state index is 13.0. The highest BCUT2D eigenvalue weighted by Gasteiger charge is 2.38. The van der Waals surface area contributed by atoms with Gasteiger partial charge in [0.25, 0.3) is 5.91 Å². The van der Waals surface area contributed by atoms with Gasteiger partial charge in [-0.3, -0.25) is 19.3 Å². The summed E-state index contributed by atoms with van der Waals surface area (Å²) in [6.45, 7) is 1.80. The summed E-state index contributed by atoms with van der Waals surface area (Å²) in [7, 11) is 0. The predicted octanol–water partition coefficient (Wildman–Crippen LogP) is 3.75. The number of aryl methyl sites for hydroxylation is 1. The molecule has 0 saturated carbocycles. The van der Waals surface area contributed by atoms with Crippen LogP contribution in [-0.2, 0) is 14.4 Å². The molecule has 3 amide bonds. The van der Waals surface area contributed by atoms with E-state index in [0.29, 0.717) is 21.4 Å². The van der Waals surface area contributed by atoms with Gasteiger partial charge in [0.05, 0.1) is 5.69 Å². The fourth-order valence-electron chi connectivity index (χ4n) is 2.77. The molecular weight excluding hydrogens is 459 g/mol. The zero-order valence-corrected chi connectivity index (χ0v) is 18.3. The zero-order chi connectivity index (χ0) is 22.7. The van der Waals surface area contributed by atoms with Crippen LogP contribution in [0.3, 0.4) is 0 Å². The highest BCUT2D eigenvalue weighted by molar-refractivity contribution is 7.80. The first-order valence-corrected chi connectivity index (χ1v) is 10.0. The maximum atomic E-state index is 13.0. The van der Waals surface area contributed by atoms with Crippen molar-refractivity contribution in [3.63, 3.8) is 0 Å². The summed E-state index contributed by atoms with van der Waals surface area (Å²) in [5.41, 5.74) is 1.16. The molecule has 1 aliphatic rings. The number of carbonyl (C=O) groups is 3. The van der Waals surface area contributed by atoms with Crippen LogP contribution < -0.4 is 15.5 Å². The lowest BCUT2D eigenvalue weighted by atomic mass is 10.0. The van der Waals surface area contributed by atoms with Crippen LogP contribution in [0.4, 0.5) is 11.4 Å². The van der Waals surface area contributed by atoms with E-state index >= 15 is 0 Å². The molecule has 3 rings (SSSR count). The largest absolute Gasteiger partial charge is 0.321 e. The van der Waals surface area contributed by atoms with Gasteiger partial charge in [0, 0.05) is 15.7 Å².